The van der Waals surface area contributed by atoms with Crippen molar-refractivity contribution in [1.82, 2.24) is 0 Å². The second-order valence-corrected chi connectivity index (χ2v) is 11.8. The van der Waals surface area contributed by atoms with Crippen LogP contribution in [0.2, 0.25) is 25.7 Å². The van der Waals surface area contributed by atoms with Gasteiger partial charge in [0.25, 0.3) is 0 Å². The molecule has 8 heteroatoms. The van der Waals surface area contributed by atoms with Crippen LogP contribution in [-0.4, -0.2) is 32.7 Å². The Balaban J connectivity index is 2.85. The van der Waals surface area contributed by atoms with Crippen molar-refractivity contribution in [3.8, 4) is 5.75 Å². The number of rotatable bonds is 6. The molecule has 0 spiro atoms. The van der Waals surface area contributed by atoms with E-state index in [2.05, 4.69) is 24.4 Å². The van der Waals surface area contributed by atoms with Gasteiger partial charge in [0.1, 0.15) is 0 Å². The van der Waals surface area contributed by atoms with Crippen molar-refractivity contribution in [3.63, 3.8) is 0 Å². The fourth-order valence-electron chi connectivity index (χ4n) is 1.26. The second kappa shape index (κ2) is 6.16. The SMILES string of the molecule is COC(=O)c1sc([N+](=O)[O-])cc1OCC[Si](C)(C)C. The van der Waals surface area contributed by atoms with E-state index in [9.17, 15) is 14.9 Å². The molecule has 0 aliphatic rings. The maximum Gasteiger partial charge on any atom is 0.352 e. The molecule has 0 N–H and O–H groups in total. The van der Waals surface area contributed by atoms with Crippen LogP contribution in [0.3, 0.4) is 0 Å². The summed E-state index contributed by atoms with van der Waals surface area (Å²) in [7, 11) is -0.0148. The fraction of sp³-hybridized carbons (Fsp3) is 0.545. The van der Waals surface area contributed by atoms with E-state index in [4.69, 9.17) is 4.74 Å². The highest BCUT2D eigenvalue weighted by Crippen LogP contribution is 2.35. The molecule has 0 aliphatic heterocycles. The van der Waals surface area contributed by atoms with Crippen molar-refractivity contribution in [2.24, 2.45) is 0 Å². The minimum Gasteiger partial charge on any atom is -0.492 e. The average Bonchev–Trinajstić information content (AvgIpc) is 2.70. The molecule has 0 saturated heterocycles. The summed E-state index contributed by atoms with van der Waals surface area (Å²) in [5.41, 5.74) is 0. The first-order valence-electron chi connectivity index (χ1n) is 5.74. The van der Waals surface area contributed by atoms with Gasteiger partial charge in [0.2, 0.25) is 0 Å². The number of thiophene rings is 1. The van der Waals surface area contributed by atoms with E-state index in [0.29, 0.717) is 6.61 Å². The van der Waals surface area contributed by atoms with Crippen LogP contribution in [-0.2, 0) is 4.74 Å². The predicted octanol–water partition coefficient (Wildman–Crippen LogP) is 3.16. The van der Waals surface area contributed by atoms with Crippen LogP contribution in [0.1, 0.15) is 9.67 Å². The van der Waals surface area contributed by atoms with Gasteiger partial charge in [0, 0.05) is 8.07 Å². The number of methoxy groups -OCH3 is 1. The summed E-state index contributed by atoms with van der Waals surface area (Å²) in [6, 6.07) is 2.19. The highest BCUT2D eigenvalue weighted by Gasteiger charge is 2.24. The number of esters is 1. The number of hydrogen-bond acceptors (Lipinski definition) is 6. The number of hydrogen-bond donors (Lipinski definition) is 0. The number of carbonyl (C=O) groups is 1. The van der Waals surface area contributed by atoms with Gasteiger partial charge in [-0.2, -0.15) is 0 Å². The summed E-state index contributed by atoms with van der Waals surface area (Å²) in [6.45, 7) is 7.06. The van der Waals surface area contributed by atoms with Crippen LogP contribution < -0.4 is 4.74 Å². The Bertz CT molecular complexity index is 480. The van der Waals surface area contributed by atoms with E-state index < -0.39 is 19.0 Å². The molecule has 0 aromatic carbocycles. The molecule has 1 aromatic heterocycles. The van der Waals surface area contributed by atoms with Gasteiger partial charge in [-0.25, -0.2) is 4.79 Å². The minimum absolute atomic E-state index is 0.122. The Morgan fingerprint density at radius 3 is 2.58 bits per heavy atom. The lowest BCUT2D eigenvalue weighted by Gasteiger charge is -2.15. The van der Waals surface area contributed by atoms with Crippen LogP contribution in [0.25, 0.3) is 0 Å². The topological polar surface area (TPSA) is 78.7 Å². The first-order chi connectivity index (χ1) is 8.74. The van der Waals surface area contributed by atoms with E-state index in [-0.39, 0.29) is 15.6 Å². The van der Waals surface area contributed by atoms with Gasteiger partial charge >= 0.3 is 11.0 Å². The lowest BCUT2D eigenvalue weighted by atomic mass is 10.4. The summed E-state index contributed by atoms with van der Waals surface area (Å²) in [6.07, 6.45) is 0. The van der Waals surface area contributed by atoms with Gasteiger partial charge in [-0.3, -0.25) is 10.1 Å². The number of ether oxygens (including phenoxy) is 2. The lowest BCUT2D eigenvalue weighted by molar-refractivity contribution is -0.380. The third-order valence-corrected chi connectivity index (χ3v) is 5.10. The largest absolute Gasteiger partial charge is 0.492 e. The van der Waals surface area contributed by atoms with E-state index in [0.717, 1.165) is 17.4 Å². The molecule has 1 aromatic rings. The quantitative estimate of drug-likeness (QED) is 0.349. The molecule has 0 atom stereocenters. The zero-order valence-electron chi connectivity index (χ0n) is 11.4. The summed E-state index contributed by atoms with van der Waals surface area (Å²) in [5.74, 6) is -0.372. The highest BCUT2D eigenvalue weighted by atomic mass is 32.1. The standard InChI is InChI=1S/C11H17NO5SSi/c1-16-11(13)10-8(7-9(18-10)12(14)15)17-5-6-19(2,3)4/h7H,5-6H2,1-4H3. The molecule has 0 radical (unpaired) electrons. The van der Waals surface area contributed by atoms with Crippen LogP contribution in [0.4, 0.5) is 5.00 Å². The fourth-order valence-corrected chi connectivity index (χ4v) is 2.81. The average molecular weight is 303 g/mol. The molecule has 0 unspecified atom stereocenters. The molecule has 19 heavy (non-hydrogen) atoms. The normalized spacial score (nSPS) is 11.2. The molecule has 1 rings (SSSR count). The van der Waals surface area contributed by atoms with Gasteiger partial charge in [-0.15, -0.1) is 0 Å². The van der Waals surface area contributed by atoms with Gasteiger partial charge in [-0.1, -0.05) is 31.0 Å². The molecular formula is C11H17NO5SSi. The number of carbonyl (C=O) groups excluding carboxylic acids is 1. The Hall–Kier alpha value is -1.41. The Morgan fingerprint density at radius 2 is 2.11 bits per heavy atom. The van der Waals surface area contributed by atoms with Crippen LogP contribution in [0.15, 0.2) is 6.07 Å². The zero-order chi connectivity index (χ0) is 14.6. The number of nitrogens with zero attached hydrogens (tertiary/aromatic N) is 1. The predicted molar refractivity (Wildman–Crippen MR) is 76.0 cm³/mol. The van der Waals surface area contributed by atoms with E-state index in [1.807, 2.05) is 0 Å². The molecule has 0 fully saturated rings. The summed E-state index contributed by atoms with van der Waals surface area (Å²) < 4.78 is 10.1. The van der Waals surface area contributed by atoms with Crippen molar-refractivity contribution < 1.29 is 19.2 Å². The summed E-state index contributed by atoms with van der Waals surface area (Å²) >= 11 is 0.771. The van der Waals surface area contributed by atoms with Crippen molar-refractivity contribution in [3.05, 3.63) is 21.1 Å². The molecule has 0 saturated carbocycles. The molecule has 1 heterocycles. The first kappa shape index (κ1) is 15.6. The lowest BCUT2D eigenvalue weighted by Crippen LogP contribution is -2.22. The van der Waals surface area contributed by atoms with E-state index in [1.165, 1.54) is 13.2 Å². The minimum atomic E-state index is -1.25. The summed E-state index contributed by atoms with van der Waals surface area (Å²) in [4.78, 5) is 21.9. The van der Waals surface area contributed by atoms with Crippen LogP contribution in [0, 0.1) is 10.1 Å². The molecule has 0 amide bonds. The van der Waals surface area contributed by atoms with E-state index in [1.54, 1.807) is 0 Å². The van der Waals surface area contributed by atoms with Crippen LogP contribution in [0.5, 0.6) is 5.75 Å². The Morgan fingerprint density at radius 1 is 1.47 bits per heavy atom. The van der Waals surface area contributed by atoms with E-state index >= 15 is 0 Å². The zero-order valence-corrected chi connectivity index (χ0v) is 13.2. The molecular weight excluding hydrogens is 286 g/mol. The monoisotopic (exact) mass is 303 g/mol. The first-order valence-corrected chi connectivity index (χ1v) is 10.3. The van der Waals surface area contributed by atoms with Crippen LogP contribution >= 0.6 is 11.3 Å². The second-order valence-electron chi connectivity index (χ2n) is 5.19. The molecule has 0 aliphatic carbocycles. The maximum absolute atomic E-state index is 11.5. The summed E-state index contributed by atoms with van der Waals surface area (Å²) in [5, 5.41) is 10.6. The van der Waals surface area contributed by atoms with Crippen molar-refractivity contribution in [2.75, 3.05) is 13.7 Å². The van der Waals surface area contributed by atoms with Crippen molar-refractivity contribution in [1.29, 1.82) is 0 Å². The van der Waals surface area contributed by atoms with Crippen molar-refractivity contribution in [2.45, 2.75) is 25.7 Å². The van der Waals surface area contributed by atoms with Gasteiger partial charge in [-0.05, 0) is 6.04 Å². The van der Waals surface area contributed by atoms with Gasteiger partial charge in [0.15, 0.2) is 10.6 Å². The van der Waals surface area contributed by atoms with Crippen molar-refractivity contribution >= 4 is 30.4 Å². The Labute approximate surface area is 116 Å². The maximum atomic E-state index is 11.5. The Kier molecular flexibility index (Phi) is 5.07. The van der Waals surface area contributed by atoms with Gasteiger partial charge in [0.05, 0.1) is 24.7 Å². The van der Waals surface area contributed by atoms with Gasteiger partial charge < -0.3 is 9.47 Å². The highest BCUT2D eigenvalue weighted by molar-refractivity contribution is 7.17. The third-order valence-electron chi connectivity index (χ3n) is 2.35. The molecule has 6 nitrogen and oxygen atoms in total. The smallest absolute Gasteiger partial charge is 0.352 e. The number of nitro groups is 1. The molecule has 0 bridgehead atoms. The third kappa shape index (κ3) is 4.64. The molecule has 106 valence electrons.